The average molecular weight is 221 g/mol. The van der Waals surface area contributed by atoms with E-state index in [0.717, 1.165) is 11.1 Å². The molecule has 0 aromatic carbocycles. The number of nitrogen functional groups attached to an aromatic ring is 1. The predicted molar refractivity (Wildman–Crippen MR) is 49.1 cm³/mol. The summed E-state index contributed by atoms with van der Waals surface area (Å²) in [5, 5.41) is 0. The highest BCUT2D eigenvalue weighted by Crippen LogP contribution is 2.16. The molecule has 0 radical (unpaired) electrons. The molecule has 8 heteroatoms. The van der Waals surface area contributed by atoms with Crippen LogP contribution in [0.5, 0.6) is 0 Å². The zero-order valence-corrected chi connectivity index (χ0v) is 7.91. The number of alkyl halides is 2. The normalized spacial score (nSPS) is 10.5. The van der Waals surface area contributed by atoms with E-state index in [9.17, 15) is 13.2 Å². The molecule has 0 aliphatic rings. The Labute approximate surface area is 84.1 Å². The smallest absolute Gasteiger partial charge is 0.255 e. The Balaban J connectivity index is 2.91. The molecule has 0 aliphatic heterocycles. The lowest BCUT2D eigenvalue weighted by Gasteiger charge is -2.18. The van der Waals surface area contributed by atoms with Gasteiger partial charge in [-0.3, -0.25) is 5.43 Å². The first kappa shape index (κ1) is 11.5. The molecule has 1 heterocycles. The first-order valence-electron chi connectivity index (χ1n) is 4.03. The molecule has 0 bridgehead atoms. The second-order valence-electron chi connectivity index (χ2n) is 2.78. The molecule has 0 fully saturated rings. The van der Waals surface area contributed by atoms with Gasteiger partial charge in [-0.2, -0.15) is 4.98 Å². The molecule has 5 nitrogen and oxygen atoms in total. The van der Waals surface area contributed by atoms with Crippen molar-refractivity contribution < 1.29 is 13.2 Å². The molecule has 0 saturated heterocycles. The van der Waals surface area contributed by atoms with E-state index >= 15 is 0 Å². The fourth-order valence-corrected chi connectivity index (χ4v) is 0.989. The van der Waals surface area contributed by atoms with Crippen LogP contribution >= 0.6 is 0 Å². The molecule has 1 aromatic rings. The number of hydrogen-bond donors (Lipinski definition) is 2. The van der Waals surface area contributed by atoms with Crippen molar-refractivity contribution in [1.82, 2.24) is 9.97 Å². The summed E-state index contributed by atoms with van der Waals surface area (Å²) < 4.78 is 37.2. The third kappa shape index (κ3) is 2.94. The van der Waals surface area contributed by atoms with E-state index in [2.05, 4.69) is 15.4 Å². The zero-order chi connectivity index (χ0) is 11.4. The van der Waals surface area contributed by atoms with E-state index < -0.39 is 18.8 Å². The molecular weight excluding hydrogens is 211 g/mol. The largest absolute Gasteiger partial charge is 0.351 e. The second-order valence-corrected chi connectivity index (χ2v) is 2.78. The molecule has 3 N–H and O–H groups in total. The molecular formula is C7H10F3N5. The first-order chi connectivity index (χ1) is 7.04. The number of nitrogens with zero attached hydrogens (tertiary/aromatic N) is 3. The van der Waals surface area contributed by atoms with Crippen molar-refractivity contribution in [3.8, 4) is 0 Å². The van der Waals surface area contributed by atoms with Gasteiger partial charge in [0.1, 0.15) is 0 Å². The van der Waals surface area contributed by atoms with Gasteiger partial charge in [-0.05, 0) is 0 Å². The van der Waals surface area contributed by atoms with Crippen LogP contribution < -0.4 is 16.2 Å². The third-order valence-corrected chi connectivity index (χ3v) is 1.63. The van der Waals surface area contributed by atoms with Crippen molar-refractivity contribution in [2.75, 3.05) is 23.9 Å². The van der Waals surface area contributed by atoms with Crippen LogP contribution in [0, 0.1) is 5.82 Å². The van der Waals surface area contributed by atoms with Gasteiger partial charge in [0.15, 0.2) is 11.6 Å². The number of hydrogen-bond acceptors (Lipinski definition) is 5. The highest BCUT2D eigenvalue weighted by molar-refractivity contribution is 5.42. The molecule has 0 atom stereocenters. The molecule has 15 heavy (non-hydrogen) atoms. The van der Waals surface area contributed by atoms with Gasteiger partial charge in [0.05, 0.1) is 12.7 Å². The van der Waals surface area contributed by atoms with Crippen LogP contribution in [-0.2, 0) is 0 Å². The Kier molecular flexibility index (Phi) is 3.67. The van der Waals surface area contributed by atoms with Gasteiger partial charge in [0.25, 0.3) is 6.43 Å². The Bertz CT molecular complexity index is 332. The van der Waals surface area contributed by atoms with Gasteiger partial charge < -0.3 is 4.90 Å². The average Bonchev–Trinajstić information content (AvgIpc) is 2.17. The van der Waals surface area contributed by atoms with E-state index in [-0.39, 0.29) is 11.8 Å². The Morgan fingerprint density at radius 1 is 1.60 bits per heavy atom. The number of halogens is 3. The predicted octanol–water partition coefficient (Wildman–Crippen LogP) is 0.603. The Morgan fingerprint density at radius 2 is 2.27 bits per heavy atom. The third-order valence-electron chi connectivity index (χ3n) is 1.63. The van der Waals surface area contributed by atoms with Crippen LogP contribution in [-0.4, -0.2) is 30.0 Å². The molecule has 1 rings (SSSR count). The van der Waals surface area contributed by atoms with Crippen LogP contribution in [0.15, 0.2) is 6.20 Å². The summed E-state index contributed by atoms with van der Waals surface area (Å²) in [5.41, 5.74) is 2.10. The quantitative estimate of drug-likeness (QED) is 0.575. The summed E-state index contributed by atoms with van der Waals surface area (Å²) in [4.78, 5) is 8.09. The summed E-state index contributed by atoms with van der Waals surface area (Å²) in [6, 6.07) is 0. The van der Waals surface area contributed by atoms with Gasteiger partial charge in [-0.15, -0.1) is 0 Å². The number of aromatic nitrogens is 2. The Hall–Kier alpha value is -1.57. The van der Waals surface area contributed by atoms with Crippen molar-refractivity contribution in [3.63, 3.8) is 0 Å². The zero-order valence-electron chi connectivity index (χ0n) is 7.91. The van der Waals surface area contributed by atoms with E-state index in [1.165, 1.54) is 7.05 Å². The highest BCUT2D eigenvalue weighted by Gasteiger charge is 2.14. The summed E-state index contributed by atoms with van der Waals surface area (Å²) in [7, 11) is 1.30. The van der Waals surface area contributed by atoms with E-state index in [0.29, 0.717) is 0 Å². The number of rotatable bonds is 4. The molecule has 0 amide bonds. The monoisotopic (exact) mass is 221 g/mol. The second kappa shape index (κ2) is 4.78. The van der Waals surface area contributed by atoms with Gasteiger partial charge in [-0.1, -0.05) is 0 Å². The minimum atomic E-state index is -2.57. The molecule has 0 spiro atoms. The lowest BCUT2D eigenvalue weighted by molar-refractivity contribution is 0.156. The summed E-state index contributed by atoms with van der Waals surface area (Å²) >= 11 is 0. The van der Waals surface area contributed by atoms with E-state index in [1.807, 2.05) is 0 Å². The maximum absolute atomic E-state index is 13.1. The highest BCUT2D eigenvalue weighted by atomic mass is 19.3. The molecule has 1 aromatic heterocycles. The number of nitrogens with one attached hydrogen (secondary N) is 1. The summed E-state index contributed by atoms with van der Waals surface area (Å²) in [6.45, 7) is -0.613. The maximum atomic E-state index is 13.1. The van der Waals surface area contributed by atoms with Crippen molar-refractivity contribution >= 4 is 11.8 Å². The van der Waals surface area contributed by atoms with E-state index in [4.69, 9.17) is 5.84 Å². The van der Waals surface area contributed by atoms with Crippen LogP contribution in [0.1, 0.15) is 0 Å². The maximum Gasteiger partial charge on any atom is 0.255 e. The lowest BCUT2D eigenvalue weighted by Crippen LogP contribution is -2.26. The summed E-state index contributed by atoms with van der Waals surface area (Å²) in [5.74, 6) is 3.97. The van der Waals surface area contributed by atoms with Crippen molar-refractivity contribution in [3.05, 3.63) is 12.0 Å². The molecule has 84 valence electrons. The molecule has 0 unspecified atom stereocenters. The van der Waals surface area contributed by atoms with Gasteiger partial charge in [0, 0.05) is 7.05 Å². The number of anilines is 2. The minimum Gasteiger partial charge on any atom is -0.351 e. The minimum absolute atomic E-state index is 0.0347. The standard InChI is InChI=1S/C7H10F3N5/c1-15(3-5(9)10)6-4(8)2-12-7(13-6)14-11/h2,5H,3,11H2,1H3,(H,12,13,14). The lowest BCUT2D eigenvalue weighted by atomic mass is 10.4. The number of hydrazine groups is 1. The van der Waals surface area contributed by atoms with Crippen LogP contribution in [0.4, 0.5) is 24.9 Å². The van der Waals surface area contributed by atoms with Crippen LogP contribution in [0.3, 0.4) is 0 Å². The SMILES string of the molecule is CN(CC(F)F)c1nc(NN)ncc1F. The first-order valence-corrected chi connectivity index (χ1v) is 4.03. The fraction of sp³-hybridized carbons (Fsp3) is 0.429. The number of nitrogens with two attached hydrogens (primary N) is 1. The van der Waals surface area contributed by atoms with Crippen molar-refractivity contribution in [1.29, 1.82) is 0 Å². The van der Waals surface area contributed by atoms with E-state index in [1.54, 1.807) is 0 Å². The topological polar surface area (TPSA) is 67.1 Å². The van der Waals surface area contributed by atoms with Crippen molar-refractivity contribution in [2.45, 2.75) is 6.43 Å². The molecule has 0 aliphatic carbocycles. The Morgan fingerprint density at radius 3 is 2.80 bits per heavy atom. The van der Waals surface area contributed by atoms with Crippen molar-refractivity contribution in [2.24, 2.45) is 5.84 Å². The van der Waals surface area contributed by atoms with Crippen LogP contribution in [0.25, 0.3) is 0 Å². The van der Waals surface area contributed by atoms with Gasteiger partial charge >= 0.3 is 0 Å². The van der Waals surface area contributed by atoms with Crippen LogP contribution in [0.2, 0.25) is 0 Å². The molecule has 0 saturated carbocycles. The fourth-order valence-electron chi connectivity index (χ4n) is 0.989. The van der Waals surface area contributed by atoms with Gasteiger partial charge in [-0.25, -0.2) is 24.0 Å². The summed E-state index contributed by atoms with van der Waals surface area (Å²) in [6.07, 6.45) is -1.71. The van der Waals surface area contributed by atoms with Gasteiger partial charge in [0.2, 0.25) is 5.95 Å².